The molecule has 234 valence electrons. The summed E-state index contributed by atoms with van der Waals surface area (Å²) in [6.07, 6.45) is 4.20. The van der Waals surface area contributed by atoms with Gasteiger partial charge in [-0.25, -0.2) is 15.0 Å². The van der Waals surface area contributed by atoms with Crippen LogP contribution in [-0.4, -0.2) is 23.9 Å². The molecule has 10 rings (SSSR count). The first-order chi connectivity index (χ1) is 24.8. The van der Waals surface area contributed by atoms with E-state index >= 15 is 0 Å². The van der Waals surface area contributed by atoms with Crippen LogP contribution in [0.2, 0.25) is 0 Å². The fourth-order valence-corrected chi connectivity index (χ4v) is 7.14. The zero-order valence-electron chi connectivity index (χ0n) is 27.0. The summed E-state index contributed by atoms with van der Waals surface area (Å²) in [6.45, 7) is 0. The second kappa shape index (κ2) is 11.4. The van der Waals surface area contributed by atoms with E-state index in [1.807, 2.05) is 24.3 Å². The van der Waals surface area contributed by atoms with Crippen molar-refractivity contribution in [1.29, 1.82) is 0 Å². The number of hydrogen-bond acceptors (Lipinski definition) is 3. The number of hydrogen-bond donors (Lipinski definition) is 0. The molecule has 0 aliphatic rings. The van der Waals surface area contributed by atoms with Gasteiger partial charge in [-0.1, -0.05) is 127 Å². The highest BCUT2D eigenvalue weighted by Gasteiger charge is 2.17. The Bertz CT molecular complexity index is 2830. The first-order valence-corrected chi connectivity index (χ1v) is 16.8. The molecule has 4 aromatic heterocycles. The Morgan fingerprint density at radius 1 is 0.420 bits per heavy atom. The third-order valence-electron chi connectivity index (χ3n) is 9.57. The van der Waals surface area contributed by atoms with E-state index in [1.54, 1.807) is 0 Å². The molecule has 0 aliphatic carbocycles. The largest absolute Gasteiger partial charge is 0.306 e. The van der Waals surface area contributed by atoms with Gasteiger partial charge >= 0.3 is 0 Å². The van der Waals surface area contributed by atoms with Gasteiger partial charge in [0.2, 0.25) is 0 Å². The molecule has 0 radical (unpaired) electrons. The van der Waals surface area contributed by atoms with Gasteiger partial charge in [0.1, 0.15) is 11.5 Å². The van der Waals surface area contributed by atoms with Gasteiger partial charge in [0.15, 0.2) is 0 Å². The van der Waals surface area contributed by atoms with E-state index in [0.717, 1.165) is 89.1 Å². The van der Waals surface area contributed by atoms with Crippen LogP contribution in [0, 0.1) is 0 Å². The normalized spacial score (nSPS) is 11.6. The van der Waals surface area contributed by atoms with Crippen LogP contribution < -0.4 is 0 Å². The molecule has 10 aromatic rings. The number of imidazole rings is 2. The number of para-hydroxylation sites is 3. The van der Waals surface area contributed by atoms with Gasteiger partial charge in [0.05, 0.1) is 27.9 Å². The average molecular weight is 640 g/mol. The minimum atomic E-state index is 0.930. The summed E-state index contributed by atoms with van der Waals surface area (Å²) in [5.74, 6) is 0.933. The van der Waals surface area contributed by atoms with Gasteiger partial charge in [-0.15, -0.1) is 0 Å². The molecule has 4 heterocycles. The van der Waals surface area contributed by atoms with Gasteiger partial charge in [-0.2, -0.15) is 0 Å². The van der Waals surface area contributed by atoms with E-state index in [9.17, 15) is 0 Å². The summed E-state index contributed by atoms with van der Waals surface area (Å²) in [5.41, 5.74) is 12.5. The molecule has 0 N–H and O–H groups in total. The standard InChI is InChI=1S/C45H29N5/c1-3-11-32(12-4-1)40-29-49-28-27-37-42(45(49)48-40)36-15-7-8-16-38(36)46-43(37)33-21-19-30(20-22-33)31-23-25-35(26-24-31)50-41-18-10-9-17-39(41)47-44(50)34-13-5-2-6-14-34/h1-29H. The van der Waals surface area contributed by atoms with Crippen molar-refractivity contribution in [3.8, 4) is 50.7 Å². The second-order valence-corrected chi connectivity index (χ2v) is 12.6. The Morgan fingerprint density at radius 3 is 1.80 bits per heavy atom. The van der Waals surface area contributed by atoms with Gasteiger partial charge in [0, 0.05) is 50.9 Å². The lowest BCUT2D eigenvalue weighted by atomic mass is 9.98. The number of nitrogens with zero attached hydrogens (tertiary/aromatic N) is 5. The summed E-state index contributed by atoms with van der Waals surface area (Å²) in [7, 11) is 0. The maximum absolute atomic E-state index is 5.20. The van der Waals surface area contributed by atoms with E-state index in [-0.39, 0.29) is 0 Å². The Kier molecular flexibility index (Phi) is 6.42. The molecule has 0 unspecified atom stereocenters. The average Bonchev–Trinajstić information content (AvgIpc) is 3.81. The molecule has 5 nitrogen and oxygen atoms in total. The molecule has 0 spiro atoms. The van der Waals surface area contributed by atoms with Crippen molar-refractivity contribution in [1.82, 2.24) is 23.9 Å². The topological polar surface area (TPSA) is 48.0 Å². The Labute approximate surface area is 288 Å². The molecule has 0 saturated carbocycles. The van der Waals surface area contributed by atoms with E-state index in [2.05, 4.69) is 161 Å². The fraction of sp³-hybridized carbons (Fsp3) is 0. The predicted molar refractivity (Wildman–Crippen MR) is 204 cm³/mol. The molecule has 6 aromatic carbocycles. The lowest BCUT2D eigenvalue weighted by Crippen LogP contribution is -1.97. The second-order valence-electron chi connectivity index (χ2n) is 12.6. The Morgan fingerprint density at radius 2 is 1.04 bits per heavy atom. The molecular formula is C45H29N5. The lowest BCUT2D eigenvalue weighted by molar-refractivity contribution is 1.10. The highest BCUT2D eigenvalue weighted by molar-refractivity contribution is 6.16. The Hall–Kier alpha value is -6.85. The van der Waals surface area contributed by atoms with Crippen LogP contribution in [0.25, 0.3) is 89.1 Å². The van der Waals surface area contributed by atoms with Gasteiger partial charge in [-0.05, 0) is 47.5 Å². The van der Waals surface area contributed by atoms with Gasteiger partial charge < -0.3 is 4.40 Å². The summed E-state index contributed by atoms with van der Waals surface area (Å²) in [6, 6.07) is 57.1. The van der Waals surface area contributed by atoms with Crippen molar-refractivity contribution in [2.45, 2.75) is 0 Å². The van der Waals surface area contributed by atoms with Crippen LogP contribution in [0.4, 0.5) is 0 Å². The highest BCUT2D eigenvalue weighted by atomic mass is 15.1. The van der Waals surface area contributed by atoms with Crippen molar-refractivity contribution in [2.24, 2.45) is 0 Å². The fourth-order valence-electron chi connectivity index (χ4n) is 7.14. The van der Waals surface area contributed by atoms with Crippen LogP contribution in [-0.2, 0) is 0 Å². The van der Waals surface area contributed by atoms with Crippen LogP contribution in [0.1, 0.15) is 0 Å². The quantitative estimate of drug-likeness (QED) is 0.176. The van der Waals surface area contributed by atoms with E-state index in [0.29, 0.717) is 0 Å². The minimum Gasteiger partial charge on any atom is -0.306 e. The van der Waals surface area contributed by atoms with Crippen molar-refractivity contribution < 1.29 is 0 Å². The minimum absolute atomic E-state index is 0.930. The van der Waals surface area contributed by atoms with E-state index in [1.165, 1.54) is 0 Å². The zero-order chi connectivity index (χ0) is 33.0. The Balaban J connectivity index is 1.04. The number of pyridine rings is 2. The van der Waals surface area contributed by atoms with Crippen molar-refractivity contribution >= 4 is 38.4 Å². The third-order valence-corrected chi connectivity index (χ3v) is 9.57. The summed E-state index contributed by atoms with van der Waals surface area (Å²) in [4.78, 5) is 15.3. The molecule has 0 amide bonds. The van der Waals surface area contributed by atoms with Gasteiger partial charge in [0.25, 0.3) is 0 Å². The van der Waals surface area contributed by atoms with Crippen molar-refractivity contribution in [2.75, 3.05) is 0 Å². The number of fused-ring (bicyclic) bond motifs is 6. The molecule has 0 aliphatic heterocycles. The predicted octanol–water partition coefficient (Wildman–Crippen LogP) is 11.0. The maximum Gasteiger partial charge on any atom is 0.146 e. The first-order valence-electron chi connectivity index (χ1n) is 16.8. The number of benzene rings is 6. The monoisotopic (exact) mass is 639 g/mol. The number of aromatic nitrogens is 5. The lowest BCUT2D eigenvalue weighted by Gasteiger charge is -2.12. The maximum atomic E-state index is 5.20. The zero-order valence-corrected chi connectivity index (χ0v) is 27.0. The van der Waals surface area contributed by atoms with E-state index in [4.69, 9.17) is 15.0 Å². The van der Waals surface area contributed by atoms with Crippen LogP contribution in [0.3, 0.4) is 0 Å². The van der Waals surface area contributed by atoms with Crippen molar-refractivity contribution in [3.63, 3.8) is 0 Å². The molecule has 0 bridgehead atoms. The highest BCUT2D eigenvalue weighted by Crippen LogP contribution is 2.37. The molecule has 50 heavy (non-hydrogen) atoms. The van der Waals surface area contributed by atoms with Crippen LogP contribution in [0.15, 0.2) is 176 Å². The van der Waals surface area contributed by atoms with Crippen molar-refractivity contribution in [3.05, 3.63) is 176 Å². The molecular weight excluding hydrogens is 611 g/mol. The SMILES string of the molecule is c1ccc(-c2cn3ccc4c(-c5ccc(-c6ccc(-n7c(-c8ccccc8)nc8ccccc87)cc6)cc5)nc5ccccc5c4c3n2)cc1. The third kappa shape index (κ3) is 4.60. The molecule has 0 fully saturated rings. The summed E-state index contributed by atoms with van der Waals surface area (Å²) < 4.78 is 4.37. The summed E-state index contributed by atoms with van der Waals surface area (Å²) >= 11 is 0. The first kappa shape index (κ1) is 28.2. The van der Waals surface area contributed by atoms with Gasteiger partial charge in [-0.3, -0.25) is 4.57 Å². The molecule has 5 heteroatoms. The summed E-state index contributed by atoms with van der Waals surface area (Å²) in [5, 5.41) is 3.29. The van der Waals surface area contributed by atoms with Crippen LogP contribution in [0.5, 0.6) is 0 Å². The number of rotatable bonds is 5. The van der Waals surface area contributed by atoms with Crippen LogP contribution >= 0.6 is 0 Å². The molecule has 0 atom stereocenters. The smallest absolute Gasteiger partial charge is 0.146 e. The van der Waals surface area contributed by atoms with E-state index < -0.39 is 0 Å². The molecule has 0 saturated heterocycles.